The molecule has 0 amide bonds. The molecule has 4 nitrogen and oxygen atoms in total. The van der Waals surface area contributed by atoms with Gasteiger partial charge < -0.3 is 11.1 Å². The van der Waals surface area contributed by atoms with Crippen molar-refractivity contribution in [1.29, 1.82) is 0 Å². The molecular weight excluding hydrogens is 212 g/mol. The van der Waals surface area contributed by atoms with Gasteiger partial charge >= 0.3 is 0 Å². The summed E-state index contributed by atoms with van der Waals surface area (Å²) in [6, 6.07) is 0. The quantitative estimate of drug-likeness (QED) is 0.777. The molecule has 0 aliphatic heterocycles. The number of rotatable bonds is 3. The number of nitrogen functional groups attached to an aromatic ring is 1. The molecule has 0 spiro atoms. The van der Waals surface area contributed by atoms with Crippen LogP contribution >= 0.6 is 11.6 Å². The van der Waals surface area contributed by atoms with E-state index in [9.17, 15) is 0 Å². The second kappa shape index (κ2) is 4.66. The summed E-state index contributed by atoms with van der Waals surface area (Å²) in [6.07, 6.45) is 6.81. The topological polar surface area (TPSA) is 63.8 Å². The van der Waals surface area contributed by atoms with E-state index in [1.165, 1.54) is 31.9 Å². The molecule has 1 fully saturated rings. The highest BCUT2D eigenvalue weighted by Gasteiger charge is 2.15. The fourth-order valence-corrected chi connectivity index (χ4v) is 2.10. The van der Waals surface area contributed by atoms with Crippen molar-refractivity contribution in [2.75, 3.05) is 17.6 Å². The molecule has 1 aromatic heterocycles. The highest BCUT2D eigenvalue weighted by molar-refractivity contribution is 6.28. The molecular formula is C10H15ClN4. The van der Waals surface area contributed by atoms with Crippen molar-refractivity contribution >= 4 is 23.1 Å². The van der Waals surface area contributed by atoms with Gasteiger partial charge in [-0.25, -0.2) is 4.98 Å². The number of aromatic nitrogens is 2. The lowest BCUT2D eigenvalue weighted by Crippen LogP contribution is -2.13. The number of nitrogens with one attached hydrogen (secondary N) is 1. The van der Waals surface area contributed by atoms with E-state index >= 15 is 0 Å². The monoisotopic (exact) mass is 226 g/mol. The highest BCUT2D eigenvalue weighted by atomic mass is 35.5. The minimum absolute atomic E-state index is 0.234. The van der Waals surface area contributed by atoms with Crippen LogP contribution in [0.2, 0.25) is 5.28 Å². The Morgan fingerprint density at radius 1 is 1.47 bits per heavy atom. The first-order chi connectivity index (χ1) is 7.25. The number of anilines is 2. The lowest BCUT2D eigenvalue weighted by molar-refractivity contribution is 0.579. The number of hydrogen-bond donors (Lipinski definition) is 2. The zero-order chi connectivity index (χ0) is 10.7. The molecule has 82 valence electrons. The molecule has 0 radical (unpaired) electrons. The molecule has 1 heterocycles. The van der Waals surface area contributed by atoms with E-state index in [1.807, 2.05) is 0 Å². The summed E-state index contributed by atoms with van der Waals surface area (Å²) in [5, 5.41) is 3.47. The lowest BCUT2D eigenvalue weighted by atomic mass is 10.1. The average Bonchev–Trinajstić information content (AvgIpc) is 2.72. The van der Waals surface area contributed by atoms with Crippen LogP contribution in [-0.2, 0) is 0 Å². The average molecular weight is 227 g/mol. The Labute approximate surface area is 94.2 Å². The van der Waals surface area contributed by atoms with E-state index in [2.05, 4.69) is 15.3 Å². The Kier molecular flexibility index (Phi) is 3.26. The summed E-state index contributed by atoms with van der Waals surface area (Å²) in [4.78, 5) is 7.86. The van der Waals surface area contributed by atoms with Gasteiger partial charge in [0.2, 0.25) is 5.28 Å². The smallest absolute Gasteiger partial charge is 0.224 e. The molecule has 5 heteroatoms. The summed E-state index contributed by atoms with van der Waals surface area (Å²) < 4.78 is 0. The van der Waals surface area contributed by atoms with Crippen molar-refractivity contribution in [2.45, 2.75) is 25.7 Å². The normalized spacial score (nSPS) is 16.9. The zero-order valence-corrected chi connectivity index (χ0v) is 9.30. The van der Waals surface area contributed by atoms with Gasteiger partial charge in [-0.3, -0.25) is 0 Å². The minimum atomic E-state index is 0.234. The van der Waals surface area contributed by atoms with E-state index in [1.54, 1.807) is 0 Å². The summed E-state index contributed by atoms with van der Waals surface area (Å²) in [5.41, 5.74) is 6.28. The van der Waals surface area contributed by atoms with Gasteiger partial charge in [-0.05, 0) is 30.4 Å². The Hall–Kier alpha value is -1.03. The fourth-order valence-electron chi connectivity index (χ4n) is 1.97. The second-order valence-corrected chi connectivity index (χ2v) is 4.31. The second-order valence-electron chi connectivity index (χ2n) is 3.97. The molecule has 0 atom stereocenters. The third-order valence-electron chi connectivity index (χ3n) is 2.82. The van der Waals surface area contributed by atoms with E-state index in [0.717, 1.165) is 12.5 Å². The van der Waals surface area contributed by atoms with E-state index in [4.69, 9.17) is 17.3 Å². The Balaban J connectivity index is 1.94. The largest absolute Gasteiger partial charge is 0.394 e. The molecule has 1 aliphatic rings. The van der Waals surface area contributed by atoms with Crippen LogP contribution in [0.4, 0.5) is 11.5 Å². The van der Waals surface area contributed by atoms with Gasteiger partial charge in [-0.1, -0.05) is 12.8 Å². The fraction of sp³-hybridized carbons (Fsp3) is 0.600. The summed E-state index contributed by atoms with van der Waals surface area (Å²) in [6.45, 7) is 0.928. The molecule has 1 saturated carbocycles. The molecule has 0 saturated heterocycles. The van der Waals surface area contributed by atoms with Crippen LogP contribution in [0, 0.1) is 5.92 Å². The maximum absolute atomic E-state index is 5.73. The maximum Gasteiger partial charge on any atom is 0.224 e. The van der Waals surface area contributed by atoms with Crippen LogP contribution in [0.15, 0.2) is 6.20 Å². The van der Waals surface area contributed by atoms with E-state index < -0.39 is 0 Å². The van der Waals surface area contributed by atoms with E-state index in [0.29, 0.717) is 11.5 Å². The predicted octanol–water partition coefficient (Wildman–Crippen LogP) is 2.31. The third-order valence-corrected chi connectivity index (χ3v) is 3.00. The molecule has 15 heavy (non-hydrogen) atoms. The number of nitrogens with zero attached hydrogens (tertiary/aromatic N) is 2. The van der Waals surface area contributed by atoms with Crippen molar-refractivity contribution in [3.63, 3.8) is 0 Å². The first-order valence-electron chi connectivity index (χ1n) is 5.27. The van der Waals surface area contributed by atoms with Gasteiger partial charge in [0.25, 0.3) is 0 Å². The van der Waals surface area contributed by atoms with Crippen LogP contribution in [-0.4, -0.2) is 16.5 Å². The summed E-state index contributed by atoms with van der Waals surface area (Å²) in [7, 11) is 0. The SMILES string of the molecule is Nc1cnc(Cl)nc1NCC1CCCC1. The van der Waals surface area contributed by atoms with Gasteiger partial charge in [0.05, 0.1) is 11.9 Å². The van der Waals surface area contributed by atoms with Gasteiger partial charge in [0.1, 0.15) is 0 Å². The van der Waals surface area contributed by atoms with Crippen molar-refractivity contribution in [3.05, 3.63) is 11.5 Å². The summed E-state index contributed by atoms with van der Waals surface area (Å²) >= 11 is 5.69. The molecule has 1 aromatic rings. The lowest BCUT2D eigenvalue weighted by Gasteiger charge is -2.12. The van der Waals surface area contributed by atoms with Crippen LogP contribution in [0.1, 0.15) is 25.7 Å². The molecule has 0 unspecified atom stereocenters. The van der Waals surface area contributed by atoms with Crippen LogP contribution in [0.3, 0.4) is 0 Å². The first-order valence-corrected chi connectivity index (χ1v) is 5.65. The Bertz CT molecular complexity index is 336. The van der Waals surface area contributed by atoms with Crippen molar-refractivity contribution in [3.8, 4) is 0 Å². The standard InChI is InChI=1S/C10H15ClN4/c11-10-14-6-8(12)9(15-10)13-5-7-3-1-2-4-7/h6-7H,1-5,12H2,(H,13,14,15). The minimum Gasteiger partial charge on any atom is -0.394 e. The van der Waals surface area contributed by atoms with Crippen molar-refractivity contribution in [2.24, 2.45) is 5.92 Å². The van der Waals surface area contributed by atoms with Crippen LogP contribution < -0.4 is 11.1 Å². The number of nitrogens with two attached hydrogens (primary N) is 1. The van der Waals surface area contributed by atoms with Crippen molar-refractivity contribution < 1.29 is 0 Å². The zero-order valence-electron chi connectivity index (χ0n) is 8.54. The Morgan fingerprint density at radius 2 is 2.20 bits per heavy atom. The molecule has 2 rings (SSSR count). The molecule has 0 bridgehead atoms. The third kappa shape index (κ3) is 2.72. The van der Waals surface area contributed by atoms with Gasteiger partial charge in [0, 0.05) is 6.54 Å². The molecule has 0 aromatic carbocycles. The first kappa shape index (κ1) is 10.5. The van der Waals surface area contributed by atoms with Crippen LogP contribution in [0.5, 0.6) is 0 Å². The molecule has 3 N–H and O–H groups in total. The van der Waals surface area contributed by atoms with Gasteiger partial charge in [0.15, 0.2) is 5.82 Å². The van der Waals surface area contributed by atoms with Gasteiger partial charge in [-0.2, -0.15) is 4.98 Å². The number of hydrogen-bond acceptors (Lipinski definition) is 4. The predicted molar refractivity (Wildman–Crippen MR) is 61.9 cm³/mol. The number of halogens is 1. The van der Waals surface area contributed by atoms with Crippen LogP contribution in [0.25, 0.3) is 0 Å². The summed E-state index contributed by atoms with van der Waals surface area (Å²) in [5.74, 6) is 1.40. The van der Waals surface area contributed by atoms with Gasteiger partial charge in [-0.15, -0.1) is 0 Å². The Morgan fingerprint density at radius 3 is 2.93 bits per heavy atom. The van der Waals surface area contributed by atoms with E-state index in [-0.39, 0.29) is 5.28 Å². The molecule has 1 aliphatic carbocycles. The highest BCUT2D eigenvalue weighted by Crippen LogP contribution is 2.25. The maximum atomic E-state index is 5.73. The van der Waals surface area contributed by atoms with Crippen molar-refractivity contribution in [1.82, 2.24) is 9.97 Å².